The second-order valence-corrected chi connectivity index (χ2v) is 5.54. The molecule has 0 radical (unpaired) electrons. The SMILES string of the molecule is CC(C)[C@@H](NC(=O)[C@H](C)c1cc2ccccc2o1)C(N)=O. The molecule has 2 aromatic rings. The Morgan fingerprint density at radius 3 is 2.43 bits per heavy atom. The minimum atomic E-state index is -0.677. The van der Waals surface area contributed by atoms with Crippen LogP contribution >= 0.6 is 0 Å². The molecule has 2 amide bonds. The third-order valence-electron chi connectivity index (χ3n) is 3.54. The van der Waals surface area contributed by atoms with Crippen LogP contribution in [0.15, 0.2) is 34.7 Å². The summed E-state index contributed by atoms with van der Waals surface area (Å²) < 4.78 is 5.68. The molecule has 0 aliphatic rings. The first-order valence-electron chi connectivity index (χ1n) is 6.98. The summed E-state index contributed by atoms with van der Waals surface area (Å²) >= 11 is 0. The van der Waals surface area contributed by atoms with Crippen LogP contribution < -0.4 is 11.1 Å². The van der Waals surface area contributed by atoms with Crippen LogP contribution in [0.3, 0.4) is 0 Å². The number of carbonyl (C=O) groups excluding carboxylic acids is 2. The van der Waals surface area contributed by atoms with Gasteiger partial charge in [-0.3, -0.25) is 9.59 Å². The number of hydrogen-bond donors (Lipinski definition) is 2. The fraction of sp³-hybridized carbons (Fsp3) is 0.375. The lowest BCUT2D eigenvalue weighted by atomic mass is 10.0. The zero-order valence-corrected chi connectivity index (χ0v) is 12.4. The van der Waals surface area contributed by atoms with Gasteiger partial charge in [0.05, 0.1) is 5.92 Å². The third-order valence-corrected chi connectivity index (χ3v) is 3.54. The van der Waals surface area contributed by atoms with Crippen molar-refractivity contribution >= 4 is 22.8 Å². The molecule has 2 atom stereocenters. The van der Waals surface area contributed by atoms with Gasteiger partial charge in [-0.25, -0.2) is 0 Å². The van der Waals surface area contributed by atoms with Gasteiger partial charge in [-0.1, -0.05) is 32.0 Å². The van der Waals surface area contributed by atoms with E-state index >= 15 is 0 Å². The Morgan fingerprint density at radius 1 is 1.19 bits per heavy atom. The van der Waals surface area contributed by atoms with E-state index in [9.17, 15) is 9.59 Å². The van der Waals surface area contributed by atoms with E-state index in [4.69, 9.17) is 10.2 Å². The largest absolute Gasteiger partial charge is 0.460 e. The van der Waals surface area contributed by atoms with E-state index in [-0.39, 0.29) is 11.8 Å². The average Bonchev–Trinajstić information content (AvgIpc) is 2.86. The summed E-state index contributed by atoms with van der Waals surface area (Å²) in [7, 11) is 0. The molecule has 1 aromatic heterocycles. The number of hydrogen-bond acceptors (Lipinski definition) is 3. The van der Waals surface area contributed by atoms with Crippen molar-refractivity contribution in [1.29, 1.82) is 0 Å². The van der Waals surface area contributed by atoms with Gasteiger partial charge >= 0.3 is 0 Å². The van der Waals surface area contributed by atoms with Gasteiger partial charge in [0.2, 0.25) is 11.8 Å². The van der Waals surface area contributed by atoms with E-state index in [1.54, 1.807) is 6.92 Å². The molecule has 21 heavy (non-hydrogen) atoms. The van der Waals surface area contributed by atoms with E-state index in [1.807, 2.05) is 44.2 Å². The van der Waals surface area contributed by atoms with Crippen LogP contribution in [0.5, 0.6) is 0 Å². The minimum Gasteiger partial charge on any atom is -0.460 e. The van der Waals surface area contributed by atoms with Gasteiger partial charge in [-0.2, -0.15) is 0 Å². The molecule has 1 heterocycles. The summed E-state index contributed by atoms with van der Waals surface area (Å²) in [6.07, 6.45) is 0. The maximum atomic E-state index is 12.3. The van der Waals surface area contributed by atoms with Crippen LogP contribution in [0.1, 0.15) is 32.4 Å². The molecule has 0 aliphatic heterocycles. The Labute approximate surface area is 123 Å². The molecule has 5 heteroatoms. The molecule has 0 fully saturated rings. The Hall–Kier alpha value is -2.30. The lowest BCUT2D eigenvalue weighted by Crippen LogP contribution is -2.48. The van der Waals surface area contributed by atoms with Crippen molar-refractivity contribution in [1.82, 2.24) is 5.32 Å². The average molecular weight is 288 g/mol. The molecule has 0 aliphatic carbocycles. The Balaban J connectivity index is 2.16. The van der Waals surface area contributed by atoms with Crippen LogP contribution in [0.2, 0.25) is 0 Å². The minimum absolute atomic E-state index is 0.0608. The molecule has 3 N–H and O–H groups in total. The summed E-state index contributed by atoms with van der Waals surface area (Å²) in [5, 5.41) is 3.63. The van der Waals surface area contributed by atoms with Crippen molar-refractivity contribution in [2.75, 3.05) is 0 Å². The molecule has 112 valence electrons. The normalized spacial score (nSPS) is 14.1. The fourth-order valence-electron chi connectivity index (χ4n) is 2.19. The second kappa shape index (κ2) is 5.99. The maximum Gasteiger partial charge on any atom is 0.240 e. The predicted octanol–water partition coefficient (Wildman–Crippen LogP) is 2.16. The van der Waals surface area contributed by atoms with Crippen LogP contribution in [0.25, 0.3) is 11.0 Å². The highest BCUT2D eigenvalue weighted by Gasteiger charge is 2.26. The zero-order valence-electron chi connectivity index (χ0n) is 12.4. The standard InChI is InChI=1S/C16H20N2O3/c1-9(2)14(15(17)19)18-16(20)10(3)13-8-11-6-4-5-7-12(11)21-13/h4-10,14H,1-3H3,(H2,17,19)(H,18,20)/t10-,14-/m1/s1. The van der Waals surface area contributed by atoms with Gasteiger partial charge in [-0.15, -0.1) is 0 Å². The Bertz CT molecular complexity index is 627. The molecule has 0 saturated carbocycles. The molecule has 0 bridgehead atoms. The Morgan fingerprint density at radius 2 is 1.86 bits per heavy atom. The van der Waals surface area contributed by atoms with Gasteiger partial charge < -0.3 is 15.5 Å². The summed E-state index contributed by atoms with van der Waals surface area (Å²) in [6.45, 7) is 5.41. The number of benzene rings is 1. The number of carbonyl (C=O) groups is 2. The molecular weight excluding hydrogens is 268 g/mol. The summed E-state index contributed by atoms with van der Waals surface area (Å²) in [4.78, 5) is 23.6. The second-order valence-electron chi connectivity index (χ2n) is 5.54. The van der Waals surface area contributed by atoms with Crippen LogP contribution in [-0.4, -0.2) is 17.9 Å². The number of amides is 2. The van der Waals surface area contributed by atoms with Crippen LogP contribution in [0.4, 0.5) is 0 Å². The fourth-order valence-corrected chi connectivity index (χ4v) is 2.19. The number of fused-ring (bicyclic) bond motifs is 1. The Kier molecular flexibility index (Phi) is 4.31. The van der Waals surface area contributed by atoms with Crippen molar-refractivity contribution < 1.29 is 14.0 Å². The monoisotopic (exact) mass is 288 g/mol. The number of primary amides is 1. The van der Waals surface area contributed by atoms with Crippen molar-refractivity contribution in [2.24, 2.45) is 11.7 Å². The summed E-state index contributed by atoms with van der Waals surface area (Å²) in [5.41, 5.74) is 6.05. The van der Waals surface area contributed by atoms with Crippen molar-refractivity contribution in [3.05, 3.63) is 36.1 Å². The van der Waals surface area contributed by atoms with Crippen LogP contribution in [0, 0.1) is 5.92 Å². The zero-order chi connectivity index (χ0) is 15.6. The molecule has 5 nitrogen and oxygen atoms in total. The number of rotatable bonds is 5. The molecule has 2 rings (SSSR count). The smallest absolute Gasteiger partial charge is 0.240 e. The summed E-state index contributed by atoms with van der Waals surface area (Å²) in [5.74, 6) is -0.783. The van der Waals surface area contributed by atoms with E-state index in [1.165, 1.54) is 0 Å². The molecule has 0 saturated heterocycles. The maximum absolute atomic E-state index is 12.3. The highest BCUT2D eigenvalue weighted by atomic mass is 16.3. The molecule has 0 unspecified atom stereocenters. The molecular formula is C16H20N2O3. The number of para-hydroxylation sites is 1. The van der Waals surface area contributed by atoms with E-state index in [0.717, 1.165) is 11.0 Å². The van der Waals surface area contributed by atoms with Crippen LogP contribution in [-0.2, 0) is 9.59 Å². The highest BCUT2D eigenvalue weighted by Crippen LogP contribution is 2.25. The summed E-state index contributed by atoms with van der Waals surface area (Å²) in [6, 6.07) is 8.73. The number of nitrogens with one attached hydrogen (secondary N) is 1. The third kappa shape index (κ3) is 3.24. The van der Waals surface area contributed by atoms with Gasteiger partial charge in [0.25, 0.3) is 0 Å². The molecule has 1 aromatic carbocycles. The van der Waals surface area contributed by atoms with Crippen molar-refractivity contribution in [2.45, 2.75) is 32.7 Å². The first-order chi connectivity index (χ1) is 9.90. The lowest BCUT2D eigenvalue weighted by molar-refractivity contribution is -0.129. The van der Waals surface area contributed by atoms with Crippen molar-refractivity contribution in [3.63, 3.8) is 0 Å². The number of nitrogens with two attached hydrogens (primary N) is 1. The van der Waals surface area contributed by atoms with Crippen molar-refractivity contribution in [3.8, 4) is 0 Å². The lowest BCUT2D eigenvalue weighted by Gasteiger charge is -2.20. The van der Waals surface area contributed by atoms with Gasteiger partial charge in [0.1, 0.15) is 17.4 Å². The highest BCUT2D eigenvalue weighted by molar-refractivity contribution is 5.90. The van der Waals surface area contributed by atoms with Gasteiger partial charge in [-0.05, 0) is 25.0 Å². The predicted molar refractivity (Wildman–Crippen MR) is 80.6 cm³/mol. The first-order valence-corrected chi connectivity index (χ1v) is 6.98. The first kappa shape index (κ1) is 15.1. The topological polar surface area (TPSA) is 85.3 Å². The van der Waals surface area contributed by atoms with E-state index < -0.39 is 17.9 Å². The quantitative estimate of drug-likeness (QED) is 0.884. The number of furan rings is 1. The van der Waals surface area contributed by atoms with E-state index in [2.05, 4.69) is 5.32 Å². The van der Waals surface area contributed by atoms with Gasteiger partial charge in [0, 0.05) is 5.39 Å². The van der Waals surface area contributed by atoms with Gasteiger partial charge in [0.15, 0.2) is 0 Å². The molecule has 0 spiro atoms. The van der Waals surface area contributed by atoms with E-state index in [0.29, 0.717) is 5.76 Å².